The molecule has 4 nitrogen and oxygen atoms in total. The van der Waals surface area contributed by atoms with Crippen LogP contribution in [-0.4, -0.2) is 36.5 Å². The van der Waals surface area contributed by atoms with Crippen LogP contribution in [0, 0.1) is 5.92 Å². The molecule has 0 saturated carbocycles. The molecule has 0 aliphatic carbocycles. The molecule has 2 atom stereocenters. The minimum absolute atomic E-state index is 0.0871. The molecule has 1 amide bonds. The molecule has 0 radical (unpaired) electrons. The van der Waals surface area contributed by atoms with Crippen molar-refractivity contribution in [2.75, 3.05) is 13.1 Å². The Morgan fingerprint density at radius 1 is 1.45 bits per heavy atom. The number of halogens is 2. The Labute approximate surface area is 116 Å². The highest BCUT2D eigenvalue weighted by Crippen LogP contribution is 2.24. The number of nitrogens with two attached hydrogens (primary N) is 1. The summed E-state index contributed by atoms with van der Waals surface area (Å²) in [7, 11) is 0. The zero-order chi connectivity index (χ0) is 14.7. The maximum atomic E-state index is 12.4. The van der Waals surface area contributed by atoms with E-state index >= 15 is 0 Å². The van der Waals surface area contributed by atoms with Crippen LogP contribution < -0.4 is 10.5 Å². The van der Waals surface area contributed by atoms with Gasteiger partial charge in [-0.25, -0.2) is 0 Å². The molecule has 1 fully saturated rings. The third-order valence-corrected chi connectivity index (χ3v) is 3.64. The van der Waals surface area contributed by atoms with Crippen LogP contribution in [0.5, 0.6) is 5.75 Å². The molecule has 0 aromatic heterocycles. The van der Waals surface area contributed by atoms with Gasteiger partial charge in [0.15, 0.2) is 0 Å². The number of carbonyl (C=O) groups excluding carboxylic acids is 1. The molecule has 0 spiro atoms. The van der Waals surface area contributed by atoms with Crippen molar-refractivity contribution in [3.05, 3.63) is 29.8 Å². The summed E-state index contributed by atoms with van der Waals surface area (Å²) in [5.74, 6) is -0.0603. The van der Waals surface area contributed by atoms with Crippen molar-refractivity contribution in [1.29, 1.82) is 0 Å². The number of likely N-dealkylation sites (tertiary alicyclic amines) is 1. The van der Waals surface area contributed by atoms with E-state index in [-0.39, 0.29) is 23.3 Å². The molecule has 1 aliphatic heterocycles. The summed E-state index contributed by atoms with van der Waals surface area (Å²) < 4.78 is 29.1. The fourth-order valence-electron chi connectivity index (χ4n) is 2.30. The Balaban J connectivity index is 2.17. The maximum Gasteiger partial charge on any atom is 0.387 e. The topological polar surface area (TPSA) is 55.6 Å². The molecule has 110 valence electrons. The Hall–Kier alpha value is -1.69. The Kier molecular flexibility index (Phi) is 4.54. The van der Waals surface area contributed by atoms with Gasteiger partial charge in [-0.3, -0.25) is 4.79 Å². The minimum Gasteiger partial charge on any atom is -0.434 e. The molecule has 1 aliphatic rings. The van der Waals surface area contributed by atoms with Crippen molar-refractivity contribution >= 4 is 5.91 Å². The predicted molar refractivity (Wildman–Crippen MR) is 70.7 cm³/mol. The zero-order valence-electron chi connectivity index (χ0n) is 11.3. The molecular weight excluding hydrogens is 266 g/mol. The number of piperidine rings is 1. The van der Waals surface area contributed by atoms with Crippen LogP contribution in [0.4, 0.5) is 8.78 Å². The number of benzene rings is 1. The van der Waals surface area contributed by atoms with E-state index in [9.17, 15) is 13.6 Å². The van der Waals surface area contributed by atoms with E-state index in [1.54, 1.807) is 17.0 Å². The van der Waals surface area contributed by atoms with Gasteiger partial charge < -0.3 is 15.4 Å². The first-order valence-corrected chi connectivity index (χ1v) is 6.57. The van der Waals surface area contributed by atoms with Crippen molar-refractivity contribution in [1.82, 2.24) is 4.90 Å². The fourth-order valence-corrected chi connectivity index (χ4v) is 2.30. The summed E-state index contributed by atoms with van der Waals surface area (Å²) >= 11 is 0. The average Bonchev–Trinajstić information content (AvgIpc) is 2.41. The summed E-state index contributed by atoms with van der Waals surface area (Å²) in [5, 5.41) is 0. The van der Waals surface area contributed by atoms with Crippen molar-refractivity contribution in [3.63, 3.8) is 0 Å². The molecule has 2 N–H and O–H groups in total. The van der Waals surface area contributed by atoms with E-state index in [4.69, 9.17) is 5.73 Å². The Morgan fingerprint density at radius 3 is 2.80 bits per heavy atom. The van der Waals surface area contributed by atoms with Crippen molar-refractivity contribution in [3.8, 4) is 5.75 Å². The molecule has 0 bridgehead atoms. The highest BCUT2D eigenvalue weighted by atomic mass is 19.3. The fraction of sp³-hybridized carbons (Fsp3) is 0.500. The Morgan fingerprint density at radius 2 is 2.15 bits per heavy atom. The van der Waals surface area contributed by atoms with Crippen LogP contribution in [0.1, 0.15) is 23.7 Å². The summed E-state index contributed by atoms with van der Waals surface area (Å²) in [4.78, 5) is 14.0. The number of hydrogen-bond donors (Lipinski definition) is 1. The number of rotatable bonds is 3. The van der Waals surface area contributed by atoms with E-state index in [1.165, 1.54) is 12.1 Å². The minimum atomic E-state index is -2.95. The second kappa shape index (κ2) is 6.17. The number of alkyl halides is 2. The van der Waals surface area contributed by atoms with Crippen LogP contribution >= 0.6 is 0 Å². The zero-order valence-corrected chi connectivity index (χ0v) is 11.3. The van der Waals surface area contributed by atoms with Crippen LogP contribution in [0.15, 0.2) is 24.3 Å². The number of para-hydroxylation sites is 1. The van der Waals surface area contributed by atoms with Crippen LogP contribution in [0.3, 0.4) is 0 Å². The van der Waals surface area contributed by atoms with E-state index in [0.29, 0.717) is 19.0 Å². The van der Waals surface area contributed by atoms with Gasteiger partial charge in [0.05, 0.1) is 5.56 Å². The number of amides is 1. The third-order valence-electron chi connectivity index (χ3n) is 3.64. The van der Waals surface area contributed by atoms with Gasteiger partial charge in [-0.15, -0.1) is 0 Å². The number of carbonyl (C=O) groups is 1. The quantitative estimate of drug-likeness (QED) is 0.924. The lowest BCUT2D eigenvalue weighted by Gasteiger charge is -2.35. The molecule has 1 saturated heterocycles. The number of hydrogen-bond acceptors (Lipinski definition) is 3. The number of nitrogens with zero attached hydrogens (tertiary/aromatic N) is 1. The lowest BCUT2D eigenvalue weighted by atomic mass is 9.94. The third kappa shape index (κ3) is 3.25. The van der Waals surface area contributed by atoms with Gasteiger partial charge in [0, 0.05) is 19.1 Å². The summed E-state index contributed by atoms with van der Waals surface area (Å²) in [6.45, 7) is 0.104. The van der Waals surface area contributed by atoms with Crippen molar-refractivity contribution in [2.45, 2.75) is 26.0 Å². The van der Waals surface area contributed by atoms with E-state index in [2.05, 4.69) is 4.74 Å². The first-order valence-electron chi connectivity index (χ1n) is 6.57. The van der Waals surface area contributed by atoms with Gasteiger partial charge in [-0.1, -0.05) is 19.1 Å². The van der Waals surface area contributed by atoms with Gasteiger partial charge >= 0.3 is 6.61 Å². The molecule has 20 heavy (non-hydrogen) atoms. The highest BCUT2D eigenvalue weighted by molar-refractivity contribution is 5.97. The van der Waals surface area contributed by atoms with Gasteiger partial charge in [-0.2, -0.15) is 8.78 Å². The van der Waals surface area contributed by atoms with E-state index in [0.717, 1.165) is 6.42 Å². The Bertz CT molecular complexity index is 482. The maximum absolute atomic E-state index is 12.4. The van der Waals surface area contributed by atoms with Gasteiger partial charge in [-0.05, 0) is 24.5 Å². The molecule has 2 rings (SSSR count). The SMILES string of the molecule is CC1CCN(C(=O)c2ccccc2OC(F)F)CC1N. The molecule has 1 aromatic rings. The second-order valence-electron chi connectivity index (χ2n) is 5.06. The van der Waals surface area contributed by atoms with Gasteiger partial charge in [0.25, 0.3) is 5.91 Å². The van der Waals surface area contributed by atoms with Crippen LogP contribution in [0.2, 0.25) is 0 Å². The second-order valence-corrected chi connectivity index (χ2v) is 5.06. The van der Waals surface area contributed by atoms with Crippen molar-refractivity contribution < 1.29 is 18.3 Å². The summed E-state index contributed by atoms with van der Waals surface area (Å²) in [6, 6.07) is 5.95. The monoisotopic (exact) mass is 284 g/mol. The first kappa shape index (κ1) is 14.7. The standard InChI is InChI=1S/C14H18F2N2O2/c1-9-6-7-18(8-11(9)17)13(19)10-4-2-3-5-12(10)20-14(15)16/h2-5,9,11,14H,6-8,17H2,1H3. The molecule has 1 aromatic carbocycles. The van der Waals surface area contributed by atoms with Crippen LogP contribution in [0.25, 0.3) is 0 Å². The summed E-state index contributed by atoms with van der Waals surface area (Å²) in [5.41, 5.74) is 6.11. The molecule has 1 heterocycles. The lowest BCUT2D eigenvalue weighted by Crippen LogP contribution is -2.49. The molecule has 6 heteroatoms. The molecule has 2 unspecified atom stereocenters. The van der Waals surface area contributed by atoms with Crippen molar-refractivity contribution in [2.24, 2.45) is 11.7 Å². The first-order chi connectivity index (χ1) is 9.49. The highest BCUT2D eigenvalue weighted by Gasteiger charge is 2.28. The predicted octanol–water partition coefficient (Wildman–Crippen LogP) is 2.10. The summed E-state index contributed by atoms with van der Waals surface area (Å²) in [6.07, 6.45) is 0.810. The normalized spacial score (nSPS) is 22.9. The smallest absolute Gasteiger partial charge is 0.387 e. The van der Waals surface area contributed by atoms with E-state index < -0.39 is 6.61 Å². The number of ether oxygens (including phenoxy) is 1. The van der Waals surface area contributed by atoms with Crippen LogP contribution in [-0.2, 0) is 0 Å². The average molecular weight is 284 g/mol. The van der Waals surface area contributed by atoms with Gasteiger partial charge in [0.2, 0.25) is 0 Å². The lowest BCUT2D eigenvalue weighted by molar-refractivity contribution is -0.0503. The molecular formula is C14H18F2N2O2. The van der Waals surface area contributed by atoms with E-state index in [1.807, 2.05) is 6.92 Å². The van der Waals surface area contributed by atoms with Gasteiger partial charge in [0.1, 0.15) is 5.75 Å². The largest absolute Gasteiger partial charge is 0.434 e.